The quantitative estimate of drug-likeness (QED) is 0.469. The van der Waals surface area contributed by atoms with Crippen LogP contribution in [0.2, 0.25) is 0 Å². The zero-order valence-electron chi connectivity index (χ0n) is 13.5. The van der Waals surface area contributed by atoms with Crippen LogP contribution in [0.15, 0.2) is 12.1 Å². The molecule has 118 valence electrons. The summed E-state index contributed by atoms with van der Waals surface area (Å²) in [5.74, 6) is -0.987. The van der Waals surface area contributed by atoms with Crippen LogP contribution in [0.3, 0.4) is 0 Å². The summed E-state index contributed by atoms with van der Waals surface area (Å²) in [6.45, 7) is 4.28. The Morgan fingerprint density at radius 2 is 1.67 bits per heavy atom. The molecular formula is C18H27FO2. The van der Waals surface area contributed by atoms with E-state index in [9.17, 15) is 9.18 Å². The van der Waals surface area contributed by atoms with Crippen LogP contribution in [0.5, 0.6) is 0 Å². The molecule has 21 heavy (non-hydrogen) atoms. The molecule has 0 N–H and O–H groups in total. The lowest BCUT2D eigenvalue weighted by Crippen LogP contribution is -2.08. The Bertz CT molecular complexity index is 455. The molecule has 0 aliphatic rings. The summed E-state index contributed by atoms with van der Waals surface area (Å²) >= 11 is 0. The first-order valence-electron chi connectivity index (χ1n) is 8.03. The zero-order valence-corrected chi connectivity index (χ0v) is 13.5. The Hall–Kier alpha value is -1.38. The lowest BCUT2D eigenvalue weighted by molar-refractivity contribution is 0.0595. The van der Waals surface area contributed by atoms with Gasteiger partial charge >= 0.3 is 5.97 Å². The Kier molecular flexibility index (Phi) is 8.03. The Balaban J connectivity index is 2.97. The monoisotopic (exact) mass is 294 g/mol. The van der Waals surface area contributed by atoms with E-state index < -0.39 is 11.8 Å². The molecule has 0 aromatic heterocycles. The van der Waals surface area contributed by atoms with Crippen LogP contribution in [0, 0.1) is 5.82 Å². The average Bonchev–Trinajstić information content (AvgIpc) is 2.49. The maximum atomic E-state index is 14.4. The molecule has 1 rings (SSSR count). The Morgan fingerprint density at radius 3 is 2.24 bits per heavy atom. The highest BCUT2D eigenvalue weighted by atomic mass is 19.1. The smallest absolute Gasteiger partial charge is 0.340 e. The predicted octanol–water partition coefficient (Wildman–Crippen LogP) is 5.08. The van der Waals surface area contributed by atoms with E-state index in [2.05, 4.69) is 13.8 Å². The molecule has 3 heteroatoms. The SMILES string of the molecule is CCCCCc1cc(CCCCC)c(F)c(C(=O)OC)c1. The molecule has 2 nitrogen and oxygen atoms in total. The number of benzene rings is 1. The number of carbonyl (C=O) groups excluding carboxylic acids is 1. The Morgan fingerprint density at radius 1 is 1.05 bits per heavy atom. The van der Waals surface area contributed by atoms with Crippen LogP contribution < -0.4 is 0 Å². The number of ether oxygens (including phenoxy) is 1. The van der Waals surface area contributed by atoms with Crippen molar-refractivity contribution >= 4 is 5.97 Å². The molecule has 0 amide bonds. The van der Waals surface area contributed by atoms with E-state index in [1.807, 2.05) is 6.07 Å². The number of carbonyl (C=O) groups is 1. The number of halogens is 1. The summed E-state index contributed by atoms with van der Waals surface area (Å²) in [5.41, 5.74) is 1.77. The van der Waals surface area contributed by atoms with Crippen LogP contribution in [0.25, 0.3) is 0 Å². The number of hydrogen-bond acceptors (Lipinski definition) is 2. The van der Waals surface area contributed by atoms with Crippen molar-refractivity contribution in [2.75, 3.05) is 7.11 Å². The van der Waals surface area contributed by atoms with Gasteiger partial charge in [-0.3, -0.25) is 0 Å². The van der Waals surface area contributed by atoms with Crippen molar-refractivity contribution in [1.29, 1.82) is 0 Å². The molecule has 0 radical (unpaired) electrons. The van der Waals surface area contributed by atoms with Gasteiger partial charge in [0.05, 0.1) is 12.7 Å². The van der Waals surface area contributed by atoms with Gasteiger partial charge in [-0.05, 0) is 42.9 Å². The van der Waals surface area contributed by atoms with Crippen molar-refractivity contribution in [2.45, 2.75) is 65.2 Å². The van der Waals surface area contributed by atoms with Crippen LogP contribution in [-0.2, 0) is 17.6 Å². The van der Waals surface area contributed by atoms with Gasteiger partial charge in [0, 0.05) is 0 Å². The summed E-state index contributed by atoms with van der Waals surface area (Å²) in [6, 6.07) is 3.58. The number of esters is 1. The van der Waals surface area contributed by atoms with Crippen LogP contribution in [0.4, 0.5) is 4.39 Å². The van der Waals surface area contributed by atoms with Crippen molar-refractivity contribution in [3.05, 3.63) is 34.6 Å². The van der Waals surface area contributed by atoms with Crippen LogP contribution in [-0.4, -0.2) is 13.1 Å². The first kappa shape index (κ1) is 17.7. The second-order valence-electron chi connectivity index (χ2n) is 5.52. The van der Waals surface area contributed by atoms with Gasteiger partial charge in [-0.25, -0.2) is 9.18 Å². The lowest BCUT2D eigenvalue weighted by Gasteiger charge is -2.11. The summed E-state index contributed by atoms with van der Waals surface area (Å²) in [5, 5.41) is 0. The van der Waals surface area contributed by atoms with Crippen molar-refractivity contribution in [3.63, 3.8) is 0 Å². The van der Waals surface area contributed by atoms with Gasteiger partial charge in [0.2, 0.25) is 0 Å². The highest BCUT2D eigenvalue weighted by Crippen LogP contribution is 2.21. The molecular weight excluding hydrogens is 267 g/mol. The first-order valence-corrected chi connectivity index (χ1v) is 8.03. The van der Waals surface area contributed by atoms with E-state index in [0.717, 1.165) is 50.5 Å². The second-order valence-corrected chi connectivity index (χ2v) is 5.52. The van der Waals surface area contributed by atoms with Crippen molar-refractivity contribution < 1.29 is 13.9 Å². The molecule has 1 aromatic carbocycles. The molecule has 0 aliphatic carbocycles. The number of methoxy groups -OCH3 is 1. The second kappa shape index (κ2) is 9.54. The number of rotatable bonds is 9. The van der Waals surface area contributed by atoms with Gasteiger partial charge in [0.1, 0.15) is 5.82 Å². The van der Waals surface area contributed by atoms with Crippen molar-refractivity contribution in [1.82, 2.24) is 0 Å². The third-order valence-electron chi connectivity index (χ3n) is 3.73. The largest absolute Gasteiger partial charge is 0.465 e. The average molecular weight is 294 g/mol. The van der Waals surface area contributed by atoms with Gasteiger partial charge in [-0.1, -0.05) is 45.6 Å². The van der Waals surface area contributed by atoms with E-state index in [1.54, 1.807) is 6.07 Å². The van der Waals surface area contributed by atoms with Gasteiger partial charge in [0.25, 0.3) is 0 Å². The highest BCUT2D eigenvalue weighted by Gasteiger charge is 2.17. The maximum Gasteiger partial charge on any atom is 0.340 e. The molecule has 1 aromatic rings. The molecule has 0 aliphatic heterocycles. The lowest BCUT2D eigenvalue weighted by atomic mass is 9.97. The van der Waals surface area contributed by atoms with Crippen molar-refractivity contribution in [3.8, 4) is 0 Å². The fourth-order valence-electron chi connectivity index (χ4n) is 2.48. The van der Waals surface area contributed by atoms with Gasteiger partial charge < -0.3 is 4.74 Å². The maximum absolute atomic E-state index is 14.4. The van der Waals surface area contributed by atoms with E-state index >= 15 is 0 Å². The van der Waals surface area contributed by atoms with E-state index in [0.29, 0.717) is 12.0 Å². The molecule has 0 saturated carbocycles. The standard InChI is InChI=1S/C18H27FO2/c1-4-6-8-10-14-12-15(11-9-7-5-2)17(19)16(13-14)18(20)21-3/h12-13H,4-11H2,1-3H3. The third kappa shape index (κ3) is 5.49. The zero-order chi connectivity index (χ0) is 15.7. The van der Waals surface area contributed by atoms with Crippen LogP contribution >= 0.6 is 0 Å². The molecule has 0 fully saturated rings. The Labute approximate surface area is 127 Å². The molecule has 0 heterocycles. The number of unbranched alkanes of at least 4 members (excludes halogenated alkanes) is 4. The number of hydrogen-bond donors (Lipinski definition) is 0. The van der Waals surface area contributed by atoms with E-state index in [-0.39, 0.29) is 5.56 Å². The van der Waals surface area contributed by atoms with E-state index in [4.69, 9.17) is 4.74 Å². The minimum absolute atomic E-state index is 0.0815. The normalized spacial score (nSPS) is 10.7. The first-order chi connectivity index (χ1) is 10.1. The predicted molar refractivity (Wildman–Crippen MR) is 84.2 cm³/mol. The topological polar surface area (TPSA) is 26.3 Å². The van der Waals surface area contributed by atoms with Gasteiger partial charge in [-0.2, -0.15) is 0 Å². The summed E-state index contributed by atoms with van der Waals surface area (Å²) in [4.78, 5) is 11.7. The molecule has 0 unspecified atom stereocenters. The third-order valence-corrected chi connectivity index (χ3v) is 3.73. The van der Waals surface area contributed by atoms with Gasteiger partial charge in [-0.15, -0.1) is 0 Å². The fraction of sp³-hybridized carbons (Fsp3) is 0.611. The molecule has 0 bridgehead atoms. The van der Waals surface area contributed by atoms with Crippen molar-refractivity contribution in [2.24, 2.45) is 0 Å². The summed E-state index contributed by atoms with van der Waals surface area (Å²) < 4.78 is 19.1. The summed E-state index contributed by atoms with van der Waals surface area (Å²) in [7, 11) is 1.29. The minimum atomic E-state index is -0.582. The fourth-order valence-corrected chi connectivity index (χ4v) is 2.48. The highest BCUT2D eigenvalue weighted by molar-refractivity contribution is 5.90. The van der Waals surface area contributed by atoms with Crippen LogP contribution in [0.1, 0.15) is 73.9 Å². The minimum Gasteiger partial charge on any atom is -0.465 e. The molecule has 0 spiro atoms. The van der Waals surface area contributed by atoms with E-state index in [1.165, 1.54) is 7.11 Å². The number of aryl methyl sites for hydroxylation is 2. The van der Waals surface area contributed by atoms with Gasteiger partial charge in [0.15, 0.2) is 0 Å². The summed E-state index contributed by atoms with van der Waals surface area (Å²) in [6.07, 6.45) is 8.06. The molecule has 0 saturated heterocycles. The molecule has 0 atom stereocenters.